The van der Waals surface area contributed by atoms with E-state index in [-0.39, 0.29) is 23.1 Å². The van der Waals surface area contributed by atoms with Crippen molar-refractivity contribution in [1.29, 1.82) is 5.41 Å². The molecule has 0 bridgehead atoms. The van der Waals surface area contributed by atoms with Crippen molar-refractivity contribution in [1.82, 2.24) is 9.97 Å². The van der Waals surface area contributed by atoms with Crippen molar-refractivity contribution >= 4 is 51.0 Å². The summed E-state index contributed by atoms with van der Waals surface area (Å²) in [6, 6.07) is 8.20. The molecule has 1 amide bonds. The topological polar surface area (TPSA) is 125 Å². The highest BCUT2D eigenvalue weighted by Crippen LogP contribution is 2.21. The van der Waals surface area contributed by atoms with E-state index in [0.717, 1.165) is 11.8 Å². The molecule has 0 spiro atoms. The first kappa shape index (κ1) is 16.6. The van der Waals surface area contributed by atoms with Gasteiger partial charge in [-0.3, -0.25) is 15.0 Å². The van der Waals surface area contributed by atoms with Gasteiger partial charge in [-0.15, -0.1) is 0 Å². The normalized spacial score (nSPS) is 10.3. The zero-order valence-corrected chi connectivity index (χ0v) is 14.2. The largest absolute Gasteiger partial charge is 0.325 e. The molecule has 1 aromatic heterocycles. The fourth-order valence-electron chi connectivity index (χ4n) is 1.56. The predicted octanol–water partition coefficient (Wildman–Crippen LogP) is 1.39. The summed E-state index contributed by atoms with van der Waals surface area (Å²) >= 11 is 2.97. The number of H-pyrrole nitrogens is 1. The van der Waals surface area contributed by atoms with E-state index < -0.39 is 0 Å². The SMILES string of the molecule is N=C(Sc1nc(I)cc(=O)[nH]1)c1cccc(NC(=O)CN)c1. The van der Waals surface area contributed by atoms with E-state index in [1.54, 1.807) is 24.3 Å². The summed E-state index contributed by atoms with van der Waals surface area (Å²) in [7, 11) is 0. The molecule has 9 heteroatoms. The summed E-state index contributed by atoms with van der Waals surface area (Å²) < 4.78 is 0.556. The van der Waals surface area contributed by atoms with Gasteiger partial charge >= 0.3 is 0 Å². The van der Waals surface area contributed by atoms with Crippen molar-refractivity contribution in [3.8, 4) is 0 Å². The van der Waals surface area contributed by atoms with Gasteiger partial charge in [0.2, 0.25) is 5.91 Å². The van der Waals surface area contributed by atoms with Gasteiger partial charge in [0, 0.05) is 17.3 Å². The third-order valence-corrected chi connectivity index (χ3v) is 3.86. The number of halogens is 1. The van der Waals surface area contributed by atoms with E-state index in [4.69, 9.17) is 11.1 Å². The summed E-state index contributed by atoms with van der Waals surface area (Å²) in [5, 5.41) is 11.3. The van der Waals surface area contributed by atoms with Crippen molar-refractivity contribution in [2.45, 2.75) is 5.16 Å². The first-order valence-electron chi connectivity index (χ1n) is 6.11. The molecule has 0 unspecified atom stereocenters. The summed E-state index contributed by atoms with van der Waals surface area (Å²) in [5.41, 5.74) is 6.14. The molecule has 0 aliphatic rings. The number of hydrogen-bond donors (Lipinski definition) is 4. The summed E-state index contributed by atoms with van der Waals surface area (Å²) in [6.45, 7) is -0.107. The van der Waals surface area contributed by atoms with Gasteiger partial charge in [0.1, 0.15) is 8.74 Å². The van der Waals surface area contributed by atoms with Gasteiger partial charge in [0.05, 0.1) is 6.54 Å². The fraction of sp³-hybridized carbons (Fsp3) is 0.0769. The predicted molar refractivity (Wildman–Crippen MR) is 94.4 cm³/mol. The maximum absolute atomic E-state index is 11.4. The molecule has 1 heterocycles. The van der Waals surface area contributed by atoms with Crippen LogP contribution in [0, 0.1) is 9.11 Å². The highest BCUT2D eigenvalue weighted by Gasteiger charge is 2.09. The molecule has 0 saturated heterocycles. The molecule has 2 rings (SSSR count). The van der Waals surface area contributed by atoms with Crippen molar-refractivity contribution in [2.75, 3.05) is 11.9 Å². The first-order valence-corrected chi connectivity index (χ1v) is 8.01. The highest BCUT2D eigenvalue weighted by molar-refractivity contribution is 14.1. The molecule has 0 aliphatic carbocycles. The number of nitrogens with zero attached hydrogens (tertiary/aromatic N) is 1. The van der Waals surface area contributed by atoms with Crippen molar-refractivity contribution < 1.29 is 4.79 Å². The van der Waals surface area contributed by atoms with Crippen LogP contribution in [0.25, 0.3) is 0 Å². The van der Waals surface area contributed by atoms with Gasteiger partial charge in [-0.2, -0.15) is 0 Å². The van der Waals surface area contributed by atoms with Crippen molar-refractivity contribution in [3.63, 3.8) is 0 Å². The standard InChI is InChI=1S/C13H12IN5O2S/c14-9-5-10(20)19-13(18-9)22-12(16)7-2-1-3-8(4-7)17-11(21)6-15/h1-5,16H,6,15H2,(H,17,21)(H,18,19,20). The Morgan fingerprint density at radius 3 is 2.91 bits per heavy atom. The number of aromatic nitrogens is 2. The van der Waals surface area contributed by atoms with Crippen LogP contribution in [0.2, 0.25) is 0 Å². The van der Waals surface area contributed by atoms with Gasteiger partial charge in [-0.25, -0.2) is 4.98 Å². The van der Waals surface area contributed by atoms with E-state index in [1.165, 1.54) is 6.07 Å². The molecule has 22 heavy (non-hydrogen) atoms. The van der Waals surface area contributed by atoms with Gasteiger partial charge < -0.3 is 16.0 Å². The first-order chi connectivity index (χ1) is 10.5. The third-order valence-electron chi connectivity index (χ3n) is 2.48. The molecule has 0 radical (unpaired) electrons. The van der Waals surface area contributed by atoms with E-state index in [9.17, 15) is 9.59 Å². The van der Waals surface area contributed by atoms with Gasteiger partial charge in [-0.1, -0.05) is 12.1 Å². The molecule has 7 nitrogen and oxygen atoms in total. The molecule has 0 atom stereocenters. The minimum absolute atomic E-state index is 0.107. The van der Waals surface area contributed by atoms with Crippen LogP contribution in [0.4, 0.5) is 5.69 Å². The molecule has 1 aromatic carbocycles. The van der Waals surface area contributed by atoms with Crippen LogP contribution in [0.15, 0.2) is 40.3 Å². The molecule has 0 saturated carbocycles. The lowest BCUT2D eigenvalue weighted by atomic mass is 10.2. The molecule has 5 N–H and O–H groups in total. The number of nitrogens with one attached hydrogen (secondary N) is 3. The number of benzene rings is 1. The quantitative estimate of drug-likeness (QED) is 0.146. The van der Waals surface area contributed by atoms with Crippen LogP contribution < -0.4 is 16.6 Å². The fourth-order valence-corrected chi connectivity index (χ4v) is 2.98. The zero-order chi connectivity index (χ0) is 16.1. The number of carbonyl (C=O) groups is 1. The number of aromatic amines is 1. The Morgan fingerprint density at radius 2 is 2.23 bits per heavy atom. The molecule has 0 fully saturated rings. The van der Waals surface area contributed by atoms with Crippen molar-refractivity contribution in [2.24, 2.45) is 5.73 Å². The Hall–Kier alpha value is -1.72. The van der Waals surface area contributed by atoms with E-state index in [0.29, 0.717) is 20.1 Å². The van der Waals surface area contributed by atoms with Crippen LogP contribution in [-0.2, 0) is 4.79 Å². The smallest absolute Gasteiger partial charge is 0.252 e. The molecular formula is C13H12IN5O2S. The number of amides is 1. The second-order valence-corrected chi connectivity index (χ2v) is 6.24. The molecule has 0 aliphatic heterocycles. The third kappa shape index (κ3) is 4.64. The molecule has 114 valence electrons. The maximum Gasteiger partial charge on any atom is 0.252 e. The Balaban J connectivity index is 2.17. The minimum Gasteiger partial charge on any atom is -0.325 e. The minimum atomic E-state index is -0.306. The maximum atomic E-state index is 11.4. The summed E-state index contributed by atoms with van der Waals surface area (Å²) in [6.07, 6.45) is 0. The second kappa shape index (κ2) is 7.51. The van der Waals surface area contributed by atoms with Crippen LogP contribution in [0.1, 0.15) is 5.56 Å². The average Bonchev–Trinajstić information content (AvgIpc) is 2.46. The average molecular weight is 429 g/mol. The number of nitrogens with two attached hydrogens (primary N) is 1. The lowest BCUT2D eigenvalue weighted by Crippen LogP contribution is -2.21. The monoisotopic (exact) mass is 429 g/mol. The zero-order valence-electron chi connectivity index (χ0n) is 11.2. The Labute approximate surface area is 143 Å². The van der Waals surface area contributed by atoms with Gasteiger partial charge in [0.25, 0.3) is 5.56 Å². The molecular weight excluding hydrogens is 417 g/mol. The summed E-state index contributed by atoms with van der Waals surface area (Å²) in [4.78, 5) is 29.4. The van der Waals surface area contributed by atoms with Crippen LogP contribution >= 0.6 is 34.4 Å². The van der Waals surface area contributed by atoms with E-state index in [2.05, 4.69) is 15.3 Å². The van der Waals surface area contributed by atoms with Gasteiger partial charge in [-0.05, 0) is 46.5 Å². The lowest BCUT2D eigenvalue weighted by molar-refractivity contribution is -0.114. The second-order valence-electron chi connectivity index (χ2n) is 4.14. The number of carbonyl (C=O) groups excluding carboxylic acids is 1. The Bertz CT molecular complexity index is 777. The molecule has 2 aromatic rings. The van der Waals surface area contributed by atoms with E-state index >= 15 is 0 Å². The van der Waals surface area contributed by atoms with Gasteiger partial charge in [0.15, 0.2) is 5.16 Å². The van der Waals surface area contributed by atoms with Crippen LogP contribution in [0.3, 0.4) is 0 Å². The lowest BCUT2D eigenvalue weighted by Gasteiger charge is -2.07. The van der Waals surface area contributed by atoms with Crippen LogP contribution in [-0.4, -0.2) is 27.5 Å². The number of rotatable bonds is 4. The highest BCUT2D eigenvalue weighted by atomic mass is 127. The Morgan fingerprint density at radius 1 is 1.45 bits per heavy atom. The number of anilines is 1. The number of thioether (sulfide) groups is 1. The van der Waals surface area contributed by atoms with Crippen molar-refractivity contribution in [3.05, 3.63) is 49.9 Å². The van der Waals surface area contributed by atoms with Crippen LogP contribution in [0.5, 0.6) is 0 Å². The summed E-state index contributed by atoms with van der Waals surface area (Å²) in [5.74, 6) is -0.306. The van der Waals surface area contributed by atoms with E-state index in [1.807, 2.05) is 22.6 Å². The Kier molecular flexibility index (Phi) is 5.69. The number of hydrogen-bond acceptors (Lipinski definition) is 6.